The van der Waals surface area contributed by atoms with Gasteiger partial charge in [-0.25, -0.2) is 0 Å². The molecule has 0 aliphatic carbocycles. The van der Waals surface area contributed by atoms with Crippen molar-refractivity contribution in [1.82, 2.24) is 4.57 Å². The number of aryl methyl sites for hydroxylation is 2. The average molecular weight is 272 g/mol. The second kappa shape index (κ2) is 5.92. The van der Waals surface area contributed by atoms with Gasteiger partial charge in [0.1, 0.15) is 5.75 Å². The van der Waals surface area contributed by atoms with Gasteiger partial charge < -0.3 is 10.5 Å². The molecule has 2 rings (SSSR count). The number of benzene rings is 1. The summed E-state index contributed by atoms with van der Waals surface area (Å²) < 4.78 is 7.10. The SMILES string of the molecule is CCOc1ccc(-n2c(C)cc(C)c(CN)c2=O)cc1. The molecule has 0 saturated heterocycles. The van der Waals surface area contributed by atoms with E-state index < -0.39 is 0 Å². The Hall–Kier alpha value is -2.07. The van der Waals surface area contributed by atoms with E-state index in [2.05, 4.69) is 0 Å². The van der Waals surface area contributed by atoms with Crippen LogP contribution in [0.4, 0.5) is 0 Å². The Balaban J connectivity index is 2.55. The van der Waals surface area contributed by atoms with Crippen LogP contribution in [-0.2, 0) is 6.54 Å². The van der Waals surface area contributed by atoms with Gasteiger partial charge in [0.25, 0.3) is 5.56 Å². The molecule has 1 aromatic heterocycles. The van der Waals surface area contributed by atoms with E-state index >= 15 is 0 Å². The lowest BCUT2D eigenvalue weighted by atomic mass is 10.1. The number of rotatable bonds is 4. The van der Waals surface area contributed by atoms with Gasteiger partial charge in [-0.05, 0) is 56.7 Å². The van der Waals surface area contributed by atoms with Crippen LogP contribution in [0.15, 0.2) is 35.1 Å². The smallest absolute Gasteiger partial charge is 0.260 e. The van der Waals surface area contributed by atoms with Gasteiger partial charge in [0.15, 0.2) is 0 Å². The lowest BCUT2D eigenvalue weighted by Gasteiger charge is -2.14. The van der Waals surface area contributed by atoms with Gasteiger partial charge in [0.2, 0.25) is 0 Å². The zero-order valence-corrected chi connectivity index (χ0v) is 12.1. The fourth-order valence-electron chi connectivity index (χ4n) is 2.36. The third-order valence-corrected chi connectivity index (χ3v) is 3.33. The van der Waals surface area contributed by atoms with Crippen molar-refractivity contribution in [1.29, 1.82) is 0 Å². The summed E-state index contributed by atoms with van der Waals surface area (Å²) in [5, 5.41) is 0. The van der Waals surface area contributed by atoms with Crippen LogP contribution >= 0.6 is 0 Å². The van der Waals surface area contributed by atoms with Crippen LogP contribution in [0.3, 0.4) is 0 Å². The largest absolute Gasteiger partial charge is 0.494 e. The molecule has 2 N–H and O–H groups in total. The Morgan fingerprint density at radius 2 is 1.85 bits per heavy atom. The van der Waals surface area contributed by atoms with Gasteiger partial charge >= 0.3 is 0 Å². The van der Waals surface area contributed by atoms with Gasteiger partial charge in [-0.15, -0.1) is 0 Å². The summed E-state index contributed by atoms with van der Waals surface area (Å²) in [5.74, 6) is 0.799. The minimum absolute atomic E-state index is 0.0471. The fourth-order valence-corrected chi connectivity index (χ4v) is 2.36. The molecule has 20 heavy (non-hydrogen) atoms. The van der Waals surface area contributed by atoms with E-state index in [1.807, 2.05) is 51.1 Å². The standard InChI is InChI=1S/C16H20N2O2/c1-4-20-14-7-5-13(6-8-14)18-12(3)9-11(2)15(10-17)16(18)19/h5-9H,4,10,17H2,1-3H3. The van der Waals surface area contributed by atoms with Crippen LogP contribution < -0.4 is 16.0 Å². The lowest BCUT2D eigenvalue weighted by molar-refractivity contribution is 0.340. The minimum Gasteiger partial charge on any atom is -0.494 e. The summed E-state index contributed by atoms with van der Waals surface area (Å²) in [7, 11) is 0. The molecule has 0 fully saturated rings. The maximum Gasteiger partial charge on any atom is 0.260 e. The monoisotopic (exact) mass is 272 g/mol. The number of aromatic nitrogens is 1. The van der Waals surface area contributed by atoms with Crippen molar-refractivity contribution in [3.8, 4) is 11.4 Å². The molecule has 4 heteroatoms. The predicted octanol–water partition coefficient (Wildman–Crippen LogP) is 2.31. The Morgan fingerprint density at radius 1 is 1.20 bits per heavy atom. The summed E-state index contributed by atoms with van der Waals surface area (Å²) in [6.45, 7) is 6.66. The molecule has 0 amide bonds. The lowest BCUT2D eigenvalue weighted by Crippen LogP contribution is -2.27. The third-order valence-electron chi connectivity index (χ3n) is 3.33. The first-order valence-corrected chi connectivity index (χ1v) is 6.74. The number of nitrogens with two attached hydrogens (primary N) is 1. The second-order valence-corrected chi connectivity index (χ2v) is 4.72. The summed E-state index contributed by atoms with van der Waals surface area (Å²) in [6.07, 6.45) is 0. The third kappa shape index (κ3) is 2.60. The van der Waals surface area contributed by atoms with E-state index in [1.54, 1.807) is 4.57 Å². The van der Waals surface area contributed by atoms with E-state index in [9.17, 15) is 4.79 Å². The summed E-state index contributed by atoms with van der Waals surface area (Å²) in [5.41, 5.74) is 8.95. The quantitative estimate of drug-likeness (QED) is 0.929. The van der Waals surface area contributed by atoms with Crippen LogP contribution in [0, 0.1) is 13.8 Å². The van der Waals surface area contributed by atoms with Crippen molar-refractivity contribution in [2.24, 2.45) is 5.73 Å². The second-order valence-electron chi connectivity index (χ2n) is 4.72. The molecule has 0 saturated carbocycles. The van der Waals surface area contributed by atoms with E-state index in [-0.39, 0.29) is 12.1 Å². The molecule has 1 heterocycles. The first kappa shape index (κ1) is 14.3. The molecule has 0 spiro atoms. The Kier molecular flexibility index (Phi) is 4.25. The van der Waals surface area contributed by atoms with Crippen LogP contribution in [0.25, 0.3) is 5.69 Å². The van der Waals surface area contributed by atoms with E-state index in [4.69, 9.17) is 10.5 Å². The van der Waals surface area contributed by atoms with Gasteiger partial charge in [0, 0.05) is 23.5 Å². The van der Waals surface area contributed by atoms with Crippen LogP contribution in [0.1, 0.15) is 23.7 Å². The van der Waals surface area contributed by atoms with Crippen molar-refractivity contribution < 1.29 is 4.74 Å². The van der Waals surface area contributed by atoms with Gasteiger partial charge in [-0.2, -0.15) is 0 Å². The van der Waals surface area contributed by atoms with Crippen LogP contribution in [-0.4, -0.2) is 11.2 Å². The van der Waals surface area contributed by atoms with Crippen molar-refractivity contribution >= 4 is 0 Å². The molecule has 4 nitrogen and oxygen atoms in total. The highest BCUT2D eigenvalue weighted by Crippen LogP contribution is 2.16. The number of hydrogen-bond acceptors (Lipinski definition) is 3. The molecule has 0 radical (unpaired) electrons. The average Bonchev–Trinajstić information content (AvgIpc) is 2.41. The van der Waals surface area contributed by atoms with E-state index in [0.717, 1.165) is 22.7 Å². The molecule has 0 unspecified atom stereocenters. The number of hydrogen-bond donors (Lipinski definition) is 1. The van der Waals surface area contributed by atoms with Crippen LogP contribution in [0.2, 0.25) is 0 Å². The van der Waals surface area contributed by atoms with E-state index in [0.29, 0.717) is 12.2 Å². The molecule has 0 atom stereocenters. The van der Waals surface area contributed by atoms with Crippen LogP contribution in [0.5, 0.6) is 5.75 Å². The zero-order valence-electron chi connectivity index (χ0n) is 12.1. The van der Waals surface area contributed by atoms with Crippen molar-refractivity contribution in [2.45, 2.75) is 27.3 Å². The van der Waals surface area contributed by atoms with Crippen molar-refractivity contribution in [3.63, 3.8) is 0 Å². The summed E-state index contributed by atoms with van der Waals surface area (Å²) >= 11 is 0. The molecule has 0 aliphatic heterocycles. The molecule has 2 aromatic rings. The zero-order chi connectivity index (χ0) is 14.7. The Bertz CT molecular complexity index is 657. The van der Waals surface area contributed by atoms with Gasteiger partial charge in [0.05, 0.1) is 6.61 Å². The summed E-state index contributed by atoms with van der Waals surface area (Å²) in [4.78, 5) is 12.5. The predicted molar refractivity (Wildman–Crippen MR) is 80.6 cm³/mol. The number of pyridine rings is 1. The minimum atomic E-state index is -0.0471. The van der Waals surface area contributed by atoms with Gasteiger partial charge in [-0.3, -0.25) is 9.36 Å². The fraction of sp³-hybridized carbons (Fsp3) is 0.312. The highest BCUT2D eigenvalue weighted by Gasteiger charge is 2.10. The number of ether oxygens (including phenoxy) is 1. The molecule has 106 valence electrons. The first-order chi connectivity index (χ1) is 9.58. The first-order valence-electron chi connectivity index (χ1n) is 6.74. The Labute approximate surface area is 118 Å². The number of nitrogens with zero attached hydrogens (tertiary/aromatic N) is 1. The Morgan fingerprint density at radius 3 is 2.40 bits per heavy atom. The molecular weight excluding hydrogens is 252 g/mol. The topological polar surface area (TPSA) is 57.2 Å². The maximum atomic E-state index is 12.5. The highest BCUT2D eigenvalue weighted by atomic mass is 16.5. The van der Waals surface area contributed by atoms with E-state index in [1.165, 1.54) is 0 Å². The molecule has 0 bridgehead atoms. The normalized spacial score (nSPS) is 10.6. The highest BCUT2D eigenvalue weighted by molar-refractivity contribution is 5.41. The maximum absolute atomic E-state index is 12.5. The molecular formula is C16H20N2O2. The van der Waals surface area contributed by atoms with Crippen molar-refractivity contribution in [2.75, 3.05) is 6.61 Å². The summed E-state index contributed by atoms with van der Waals surface area (Å²) in [6, 6.07) is 9.49. The molecule has 0 aliphatic rings. The molecule has 1 aromatic carbocycles. The van der Waals surface area contributed by atoms with Gasteiger partial charge in [-0.1, -0.05) is 0 Å². The van der Waals surface area contributed by atoms with Crippen molar-refractivity contribution in [3.05, 3.63) is 57.5 Å².